The summed E-state index contributed by atoms with van der Waals surface area (Å²) < 4.78 is 1.82. The Bertz CT molecular complexity index is 523. The van der Waals surface area contributed by atoms with E-state index >= 15 is 0 Å². The monoisotopic (exact) mass is 201 g/mol. The molecule has 15 heavy (non-hydrogen) atoms. The molecule has 0 atom stereocenters. The molecule has 0 saturated heterocycles. The van der Waals surface area contributed by atoms with Crippen LogP contribution in [0.5, 0.6) is 0 Å². The minimum atomic E-state index is 0.0937. The van der Waals surface area contributed by atoms with Gasteiger partial charge in [0.2, 0.25) is 5.91 Å². The van der Waals surface area contributed by atoms with E-state index in [0.717, 1.165) is 17.6 Å². The predicted molar refractivity (Wildman–Crippen MR) is 62.4 cm³/mol. The van der Waals surface area contributed by atoms with Crippen molar-refractivity contribution in [3.63, 3.8) is 0 Å². The molecule has 0 amide bonds. The molecule has 0 bridgehead atoms. The zero-order valence-corrected chi connectivity index (χ0v) is 9.37. The molecule has 0 fully saturated rings. The first kappa shape index (κ1) is 9.97. The topological polar surface area (TPSA) is 22.0 Å². The van der Waals surface area contributed by atoms with Gasteiger partial charge in [0, 0.05) is 18.0 Å². The van der Waals surface area contributed by atoms with Gasteiger partial charge in [0.25, 0.3) is 0 Å². The maximum atomic E-state index is 11.6. The van der Waals surface area contributed by atoms with Crippen molar-refractivity contribution in [2.24, 2.45) is 0 Å². The Balaban J connectivity index is 2.91. The fraction of sp³-hybridized carbons (Fsp3) is 0.308. The summed E-state index contributed by atoms with van der Waals surface area (Å²) in [6.45, 7) is 5.78. The summed E-state index contributed by atoms with van der Waals surface area (Å²) in [4.78, 5) is 11.6. The second-order valence-electron chi connectivity index (χ2n) is 3.80. The average Bonchev–Trinajstić information content (AvgIpc) is 2.52. The number of benzene rings is 1. The minimum Gasteiger partial charge on any atom is -0.284 e. The van der Waals surface area contributed by atoms with Gasteiger partial charge in [0.1, 0.15) is 0 Å². The van der Waals surface area contributed by atoms with Crippen LogP contribution in [0.1, 0.15) is 29.9 Å². The number of hydrogen-bond acceptors (Lipinski definition) is 1. The van der Waals surface area contributed by atoms with Gasteiger partial charge in [-0.1, -0.05) is 25.1 Å². The van der Waals surface area contributed by atoms with Gasteiger partial charge >= 0.3 is 0 Å². The second kappa shape index (κ2) is 3.54. The summed E-state index contributed by atoms with van der Waals surface area (Å²) in [6.07, 6.45) is 0.889. The van der Waals surface area contributed by atoms with E-state index in [2.05, 4.69) is 19.9 Å². The van der Waals surface area contributed by atoms with E-state index in [1.54, 1.807) is 6.92 Å². The van der Waals surface area contributed by atoms with Crippen molar-refractivity contribution in [2.75, 3.05) is 0 Å². The van der Waals surface area contributed by atoms with E-state index in [4.69, 9.17) is 0 Å². The van der Waals surface area contributed by atoms with Crippen LogP contribution < -0.4 is 0 Å². The quantitative estimate of drug-likeness (QED) is 0.694. The van der Waals surface area contributed by atoms with Gasteiger partial charge in [-0.25, -0.2) is 0 Å². The summed E-state index contributed by atoms with van der Waals surface area (Å²) in [6, 6.07) is 8.06. The van der Waals surface area contributed by atoms with Crippen molar-refractivity contribution in [1.29, 1.82) is 0 Å². The van der Waals surface area contributed by atoms with Crippen LogP contribution in [0.15, 0.2) is 24.3 Å². The molecule has 2 aromatic rings. The number of hydrogen-bond donors (Lipinski definition) is 0. The molecule has 0 aliphatic heterocycles. The maximum absolute atomic E-state index is 11.6. The number of para-hydroxylation sites is 1. The highest BCUT2D eigenvalue weighted by atomic mass is 16.1. The van der Waals surface area contributed by atoms with E-state index in [1.165, 1.54) is 10.9 Å². The summed E-state index contributed by atoms with van der Waals surface area (Å²) >= 11 is 0. The number of aryl methyl sites for hydroxylation is 1. The van der Waals surface area contributed by atoms with Crippen LogP contribution in [0.4, 0.5) is 0 Å². The van der Waals surface area contributed by atoms with Gasteiger partial charge in [-0.3, -0.25) is 9.36 Å². The van der Waals surface area contributed by atoms with Gasteiger partial charge in [-0.2, -0.15) is 0 Å². The third kappa shape index (κ3) is 1.37. The highest BCUT2D eigenvalue weighted by Gasteiger charge is 2.14. The lowest BCUT2D eigenvalue weighted by atomic mass is 10.1. The van der Waals surface area contributed by atoms with E-state index in [-0.39, 0.29) is 5.91 Å². The zero-order chi connectivity index (χ0) is 11.0. The van der Waals surface area contributed by atoms with Crippen LogP contribution in [-0.2, 0) is 6.42 Å². The molecule has 1 aromatic heterocycles. The average molecular weight is 201 g/mol. The van der Waals surface area contributed by atoms with Gasteiger partial charge < -0.3 is 0 Å². The van der Waals surface area contributed by atoms with Crippen molar-refractivity contribution in [2.45, 2.75) is 27.2 Å². The van der Waals surface area contributed by atoms with Crippen molar-refractivity contribution >= 4 is 16.8 Å². The Morgan fingerprint density at radius 1 is 1.33 bits per heavy atom. The molecular formula is C13H15NO. The van der Waals surface area contributed by atoms with Gasteiger partial charge in [0.15, 0.2) is 0 Å². The van der Waals surface area contributed by atoms with Crippen molar-refractivity contribution in [3.8, 4) is 0 Å². The van der Waals surface area contributed by atoms with Crippen molar-refractivity contribution < 1.29 is 4.79 Å². The molecule has 0 aliphatic carbocycles. The van der Waals surface area contributed by atoms with Gasteiger partial charge in [0.05, 0.1) is 5.52 Å². The Morgan fingerprint density at radius 2 is 2.00 bits per heavy atom. The van der Waals surface area contributed by atoms with Crippen LogP contribution >= 0.6 is 0 Å². The molecule has 1 heterocycles. The first-order valence-electron chi connectivity index (χ1n) is 5.26. The number of carbonyl (C=O) groups excluding carboxylic acids is 1. The van der Waals surface area contributed by atoms with E-state index in [1.807, 2.05) is 22.8 Å². The standard InChI is InChI=1S/C13H15NO/c1-4-12-9(2)11-7-5-6-8-13(11)14(12)10(3)15/h5-8H,4H2,1-3H3. The van der Waals surface area contributed by atoms with Crippen molar-refractivity contribution in [3.05, 3.63) is 35.5 Å². The molecule has 0 saturated carbocycles. The summed E-state index contributed by atoms with van der Waals surface area (Å²) in [5.74, 6) is 0.0937. The number of nitrogens with zero attached hydrogens (tertiary/aromatic N) is 1. The fourth-order valence-corrected chi connectivity index (χ4v) is 2.24. The Morgan fingerprint density at radius 3 is 2.60 bits per heavy atom. The molecule has 0 spiro atoms. The third-order valence-corrected chi connectivity index (χ3v) is 2.90. The zero-order valence-electron chi connectivity index (χ0n) is 9.37. The Kier molecular flexibility index (Phi) is 2.35. The van der Waals surface area contributed by atoms with Crippen LogP contribution in [0, 0.1) is 6.92 Å². The molecule has 1 aromatic carbocycles. The van der Waals surface area contributed by atoms with Crippen LogP contribution in [0.3, 0.4) is 0 Å². The normalized spacial score (nSPS) is 10.9. The van der Waals surface area contributed by atoms with E-state index in [9.17, 15) is 4.79 Å². The molecule has 0 unspecified atom stereocenters. The smallest absolute Gasteiger partial charge is 0.228 e. The highest BCUT2D eigenvalue weighted by molar-refractivity contribution is 5.95. The lowest BCUT2D eigenvalue weighted by Crippen LogP contribution is -2.09. The number of rotatable bonds is 1. The molecule has 2 nitrogen and oxygen atoms in total. The molecule has 0 N–H and O–H groups in total. The molecule has 2 rings (SSSR count). The number of aromatic nitrogens is 1. The largest absolute Gasteiger partial charge is 0.284 e. The summed E-state index contributed by atoms with van der Waals surface area (Å²) in [7, 11) is 0. The molecule has 78 valence electrons. The Hall–Kier alpha value is -1.57. The van der Waals surface area contributed by atoms with Gasteiger partial charge in [-0.15, -0.1) is 0 Å². The van der Waals surface area contributed by atoms with Crippen molar-refractivity contribution in [1.82, 2.24) is 4.57 Å². The highest BCUT2D eigenvalue weighted by Crippen LogP contribution is 2.25. The lowest BCUT2D eigenvalue weighted by Gasteiger charge is -2.04. The molecule has 2 heteroatoms. The SMILES string of the molecule is CCc1c(C)c2ccccc2n1C(C)=O. The third-order valence-electron chi connectivity index (χ3n) is 2.90. The van der Waals surface area contributed by atoms with Crippen LogP contribution in [0.25, 0.3) is 10.9 Å². The second-order valence-corrected chi connectivity index (χ2v) is 3.80. The molecule has 0 aliphatic rings. The molecular weight excluding hydrogens is 186 g/mol. The molecule has 0 radical (unpaired) electrons. The van der Waals surface area contributed by atoms with E-state index in [0.29, 0.717) is 0 Å². The lowest BCUT2D eigenvalue weighted by molar-refractivity contribution is 0.0939. The predicted octanol–water partition coefficient (Wildman–Crippen LogP) is 3.17. The van der Waals surface area contributed by atoms with E-state index < -0.39 is 0 Å². The maximum Gasteiger partial charge on any atom is 0.228 e. The number of fused-ring (bicyclic) bond motifs is 1. The van der Waals surface area contributed by atoms with Crippen LogP contribution in [0.2, 0.25) is 0 Å². The van der Waals surface area contributed by atoms with Crippen LogP contribution in [-0.4, -0.2) is 10.5 Å². The first-order chi connectivity index (χ1) is 7.16. The summed E-state index contributed by atoms with van der Waals surface area (Å²) in [5.41, 5.74) is 3.38. The number of carbonyl (C=O) groups is 1. The fourth-order valence-electron chi connectivity index (χ4n) is 2.24. The van der Waals surface area contributed by atoms with Gasteiger partial charge in [-0.05, 0) is 25.0 Å². The first-order valence-corrected chi connectivity index (χ1v) is 5.26. The Labute approximate surface area is 89.5 Å². The summed E-state index contributed by atoms with van der Waals surface area (Å²) in [5, 5.41) is 1.18. The minimum absolute atomic E-state index is 0.0937.